The van der Waals surface area contributed by atoms with Crippen molar-refractivity contribution < 1.29 is 13.2 Å². The van der Waals surface area contributed by atoms with Gasteiger partial charge in [0.15, 0.2) is 5.96 Å². The van der Waals surface area contributed by atoms with Crippen molar-refractivity contribution in [3.63, 3.8) is 0 Å². The third-order valence-corrected chi connectivity index (χ3v) is 6.49. The molecule has 0 spiro atoms. The van der Waals surface area contributed by atoms with Crippen LogP contribution in [-0.2, 0) is 23.1 Å². The second kappa shape index (κ2) is 10.6. The van der Waals surface area contributed by atoms with Gasteiger partial charge < -0.3 is 15.4 Å². The van der Waals surface area contributed by atoms with E-state index >= 15 is 0 Å². The van der Waals surface area contributed by atoms with Gasteiger partial charge in [-0.3, -0.25) is 0 Å². The Bertz CT molecular complexity index is 1020. The second-order valence-electron chi connectivity index (χ2n) is 7.77. The number of aryl methyl sites for hydroxylation is 1. The third-order valence-electron chi connectivity index (χ3n) is 5.08. The van der Waals surface area contributed by atoms with Crippen molar-refractivity contribution in [3.05, 3.63) is 59.2 Å². The van der Waals surface area contributed by atoms with Crippen LogP contribution in [0.5, 0.6) is 5.75 Å². The normalized spacial score (nSPS) is 14.4. The van der Waals surface area contributed by atoms with Gasteiger partial charge >= 0.3 is 0 Å². The molecular formula is C23H32N4O3S. The van der Waals surface area contributed by atoms with Crippen LogP contribution < -0.4 is 20.1 Å². The number of benzene rings is 2. The molecule has 0 bridgehead atoms. The van der Waals surface area contributed by atoms with Crippen molar-refractivity contribution in [2.75, 3.05) is 20.2 Å². The maximum atomic E-state index is 12.0. The van der Waals surface area contributed by atoms with Crippen molar-refractivity contribution in [1.29, 1.82) is 0 Å². The van der Waals surface area contributed by atoms with Crippen molar-refractivity contribution in [2.45, 2.75) is 44.7 Å². The number of hydrogen-bond acceptors (Lipinski definition) is 4. The van der Waals surface area contributed by atoms with Crippen LogP contribution >= 0.6 is 0 Å². The lowest BCUT2D eigenvalue weighted by Gasteiger charge is -2.15. The molecule has 168 valence electrons. The van der Waals surface area contributed by atoms with Crippen molar-refractivity contribution >= 4 is 16.0 Å². The lowest BCUT2D eigenvalue weighted by Crippen LogP contribution is -2.36. The van der Waals surface area contributed by atoms with Gasteiger partial charge in [0.1, 0.15) is 5.75 Å². The molecule has 8 heteroatoms. The SMILES string of the molecule is CCNC(=NCc1cccc(S(=O)(=O)NC)c1)NCc1ccc(C)cc1OCC1CC1. The number of guanidine groups is 1. The molecule has 0 radical (unpaired) electrons. The Kier molecular flexibility index (Phi) is 7.92. The van der Waals surface area contributed by atoms with E-state index in [4.69, 9.17) is 4.74 Å². The molecule has 7 nitrogen and oxygen atoms in total. The highest BCUT2D eigenvalue weighted by atomic mass is 32.2. The van der Waals surface area contributed by atoms with E-state index in [9.17, 15) is 8.42 Å². The Balaban J connectivity index is 1.67. The van der Waals surface area contributed by atoms with E-state index in [-0.39, 0.29) is 4.90 Å². The molecule has 0 unspecified atom stereocenters. The lowest BCUT2D eigenvalue weighted by molar-refractivity contribution is 0.296. The number of nitrogens with one attached hydrogen (secondary N) is 3. The summed E-state index contributed by atoms with van der Waals surface area (Å²) in [5.41, 5.74) is 3.07. The topological polar surface area (TPSA) is 91.8 Å². The van der Waals surface area contributed by atoms with E-state index in [0.29, 0.717) is 25.0 Å². The minimum absolute atomic E-state index is 0.234. The predicted molar refractivity (Wildman–Crippen MR) is 124 cm³/mol. The first-order valence-corrected chi connectivity index (χ1v) is 12.2. The Morgan fingerprint density at radius 2 is 1.97 bits per heavy atom. The smallest absolute Gasteiger partial charge is 0.240 e. The molecule has 1 saturated carbocycles. The third kappa shape index (κ3) is 6.97. The van der Waals surface area contributed by atoms with Crippen molar-refractivity contribution in [3.8, 4) is 5.75 Å². The molecule has 0 aromatic heterocycles. The summed E-state index contributed by atoms with van der Waals surface area (Å²) < 4.78 is 32.4. The summed E-state index contributed by atoms with van der Waals surface area (Å²) in [6.07, 6.45) is 2.51. The first kappa shape index (κ1) is 23.1. The average molecular weight is 445 g/mol. The van der Waals surface area contributed by atoms with Crippen LogP contribution in [0.1, 0.15) is 36.5 Å². The zero-order valence-electron chi connectivity index (χ0n) is 18.4. The molecule has 0 aliphatic heterocycles. The molecule has 0 saturated heterocycles. The van der Waals surface area contributed by atoms with Crippen LogP contribution in [0.3, 0.4) is 0 Å². The molecule has 1 aliphatic carbocycles. The van der Waals surface area contributed by atoms with Gasteiger partial charge in [0, 0.05) is 18.7 Å². The number of sulfonamides is 1. The minimum Gasteiger partial charge on any atom is -0.493 e. The molecule has 1 aliphatic rings. The van der Waals surface area contributed by atoms with Gasteiger partial charge in [-0.2, -0.15) is 0 Å². The van der Waals surface area contributed by atoms with Crippen molar-refractivity contribution in [2.24, 2.45) is 10.9 Å². The number of rotatable bonds is 10. The van der Waals surface area contributed by atoms with Crippen LogP contribution in [0.25, 0.3) is 0 Å². The standard InChI is InChI=1S/C23H32N4O3S/c1-4-25-23(26-14-19-6-5-7-21(13-19)31(28,29)24-3)27-15-20-11-8-17(2)12-22(20)30-16-18-9-10-18/h5-8,11-13,18,24H,4,9-10,14-16H2,1-3H3,(H2,25,26,27). The van der Waals surface area contributed by atoms with Gasteiger partial charge in [-0.25, -0.2) is 18.1 Å². The van der Waals surface area contributed by atoms with Gasteiger partial charge in [-0.1, -0.05) is 24.3 Å². The summed E-state index contributed by atoms with van der Waals surface area (Å²) in [5.74, 6) is 2.28. The predicted octanol–water partition coefficient (Wildman–Crippen LogP) is 2.95. The average Bonchev–Trinajstić information content (AvgIpc) is 3.60. The van der Waals surface area contributed by atoms with Crippen LogP contribution in [0.4, 0.5) is 0 Å². The van der Waals surface area contributed by atoms with E-state index in [2.05, 4.69) is 45.5 Å². The summed E-state index contributed by atoms with van der Waals surface area (Å²) in [5, 5.41) is 6.59. The van der Waals surface area contributed by atoms with Crippen molar-refractivity contribution in [1.82, 2.24) is 15.4 Å². The summed E-state index contributed by atoms with van der Waals surface area (Å²) >= 11 is 0. The van der Waals surface area contributed by atoms with Gasteiger partial charge in [-0.15, -0.1) is 0 Å². The van der Waals surface area contributed by atoms with E-state index in [0.717, 1.165) is 30.0 Å². The second-order valence-corrected chi connectivity index (χ2v) is 9.66. The van der Waals surface area contributed by atoms with Gasteiger partial charge in [0.2, 0.25) is 10.0 Å². The summed E-state index contributed by atoms with van der Waals surface area (Å²) in [6, 6.07) is 13.1. The highest BCUT2D eigenvalue weighted by molar-refractivity contribution is 7.89. The Morgan fingerprint density at radius 1 is 1.16 bits per heavy atom. The highest BCUT2D eigenvalue weighted by Gasteiger charge is 2.22. The monoisotopic (exact) mass is 444 g/mol. The van der Waals surface area contributed by atoms with Crippen LogP contribution in [-0.4, -0.2) is 34.6 Å². The maximum absolute atomic E-state index is 12.0. The molecule has 0 atom stereocenters. The Hall–Kier alpha value is -2.58. The zero-order valence-corrected chi connectivity index (χ0v) is 19.3. The minimum atomic E-state index is -3.47. The summed E-state index contributed by atoms with van der Waals surface area (Å²) in [6.45, 7) is 6.51. The van der Waals surface area contributed by atoms with Gasteiger partial charge in [0.25, 0.3) is 0 Å². The summed E-state index contributed by atoms with van der Waals surface area (Å²) in [4.78, 5) is 4.85. The van der Waals surface area contributed by atoms with E-state index < -0.39 is 10.0 Å². The van der Waals surface area contributed by atoms with Gasteiger partial charge in [-0.05, 0) is 69.0 Å². The quantitative estimate of drug-likeness (QED) is 0.387. The summed E-state index contributed by atoms with van der Waals surface area (Å²) in [7, 11) is -2.07. The molecule has 31 heavy (non-hydrogen) atoms. The first-order chi connectivity index (χ1) is 14.9. The highest BCUT2D eigenvalue weighted by Crippen LogP contribution is 2.30. The fourth-order valence-corrected chi connectivity index (χ4v) is 3.85. The largest absolute Gasteiger partial charge is 0.493 e. The van der Waals surface area contributed by atoms with E-state index in [1.54, 1.807) is 18.2 Å². The van der Waals surface area contributed by atoms with Crippen LogP contribution in [0.2, 0.25) is 0 Å². The fourth-order valence-electron chi connectivity index (χ4n) is 3.05. The maximum Gasteiger partial charge on any atom is 0.240 e. The van der Waals surface area contributed by atoms with E-state index in [1.807, 2.05) is 13.0 Å². The Morgan fingerprint density at radius 3 is 2.68 bits per heavy atom. The molecule has 0 amide bonds. The number of hydrogen-bond donors (Lipinski definition) is 3. The number of aliphatic imine (C=N–C) groups is 1. The molecular weight excluding hydrogens is 412 g/mol. The van der Waals surface area contributed by atoms with Crippen LogP contribution in [0.15, 0.2) is 52.4 Å². The first-order valence-electron chi connectivity index (χ1n) is 10.7. The molecule has 2 aromatic carbocycles. The van der Waals surface area contributed by atoms with E-state index in [1.165, 1.54) is 25.5 Å². The zero-order chi connectivity index (χ0) is 22.3. The number of nitrogens with zero attached hydrogens (tertiary/aromatic N) is 1. The Labute approximate surface area is 185 Å². The molecule has 0 heterocycles. The molecule has 3 rings (SSSR count). The molecule has 3 N–H and O–H groups in total. The molecule has 1 fully saturated rings. The fraction of sp³-hybridized carbons (Fsp3) is 0.435. The van der Waals surface area contributed by atoms with Crippen LogP contribution in [0, 0.1) is 12.8 Å². The van der Waals surface area contributed by atoms with Gasteiger partial charge in [0.05, 0.1) is 18.0 Å². The molecule has 2 aromatic rings. The number of ether oxygens (including phenoxy) is 1. The lowest BCUT2D eigenvalue weighted by atomic mass is 10.1.